The Hall–Kier alpha value is -0.530. The van der Waals surface area contributed by atoms with Crippen LogP contribution in [0.1, 0.15) is 34.6 Å². The van der Waals surface area contributed by atoms with E-state index in [-0.39, 0.29) is 22.7 Å². The van der Waals surface area contributed by atoms with Gasteiger partial charge in [0.25, 0.3) is 0 Å². The summed E-state index contributed by atoms with van der Waals surface area (Å²) in [5, 5.41) is 0. The number of carbonyl (C=O) groups is 1. The van der Waals surface area contributed by atoms with Crippen molar-refractivity contribution in [3.8, 4) is 0 Å². The molecule has 1 aliphatic rings. The highest BCUT2D eigenvalue weighted by atomic mass is 16.5. The van der Waals surface area contributed by atoms with Gasteiger partial charge in [-0.2, -0.15) is 0 Å². The van der Waals surface area contributed by atoms with Crippen LogP contribution in [0.25, 0.3) is 0 Å². The lowest BCUT2D eigenvalue weighted by Crippen LogP contribution is -2.35. The Morgan fingerprint density at radius 1 is 1.42 bits per heavy atom. The van der Waals surface area contributed by atoms with Gasteiger partial charge < -0.3 is 4.74 Å². The summed E-state index contributed by atoms with van der Waals surface area (Å²) >= 11 is 0. The monoisotopic (exact) mass is 170 g/mol. The lowest BCUT2D eigenvalue weighted by atomic mass is 9.67. The highest BCUT2D eigenvalue weighted by molar-refractivity contribution is 5.76. The van der Waals surface area contributed by atoms with Crippen LogP contribution in [-0.4, -0.2) is 12.6 Å². The fraction of sp³-hybridized carbons (Fsp3) is 0.900. The summed E-state index contributed by atoms with van der Waals surface area (Å²) < 4.78 is 5.07. The van der Waals surface area contributed by atoms with E-state index in [1.165, 1.54) is 0 Å². The van der Waals surface area contributed by atoms with Crippen LogP contribution in [0, 0.1) is 16.7 Å². The first-order valence-corrected chi connectivity index (χ1v) is 4.42. The van der Waals surface area contributed by atoms with Crippen molar-refractivity contribution in [3.05, 3.63) is 0 Å². The molecule has 1 rings (SSSR count). The molecule has 1 atom stereocenters. The number of hydrogen-bond acceptors (Lipinski definition) is 2. The minimum absolute atomic E-state index is 0.00463. The van der Waals surface area contributed by atoms with Crippen molar-refractivity contribution in [2.24, 2.45) is 16.7 Å². The highest BCUT2D eigenvalue weighted by Gasteiger charge is 2.49. The Morgan fingerprint density at radius 3 is 2.08 bits per heavy atom. The molecule has 1 aliphatic heterocycles. The topological polar surface area (TPSA) is 26.3 Å². The van der Waals surface area contributed by atoms with Gasteiger partial charge in [0.15, 0.2) is 0 Å². The molecule has 12 heavy (non-hydrogen) atoms. The van der Waals surface area contributed by atoms with Crippen LogP contribution in [0.15, 0.2) is 0 Å². The van der Waals surface area contributed by atoms with Gasteiger partial charge >= 0.3 is 5.97 Å². The molecule has 0 spiro atoms. The lowest BCUT2D eigenvalue weighted by Gasteiger charge is -2.32. The Labute approximate surface area is 74.3 Å². The zero-order chi connectivity index (χ0) is 9.57. The number of cyclic esters (lactones) is 1. The van der Waals surface area contributed by atoms with Gasteiger partial charge in [0.2, 0.25) is 0 Å². The van der Waals surface area contributed by atoms with E-state index in [2.05, 4.69) is 34.6 Å². The van der Waals surface area contributed by atoms with Crippen LogP contribution < -0.4 is 0 Å². The van der Waals surface area contributed by atoms with E-state index in [0.29, 0.717) is 6.61 Å². The fourth-order valence-corrected chi connectivity index (χ4v) is 2.27. The first kappa shape index (κ1) is 9.56. The van der Waals surface area contributed by atoms with Gasteiger partial charge in [-0.05, 0) is 5.41 Å². The van der Waals surface area contributed by atoms with Gasteiger partial charge in [-0.1, -0.05) is 34.6 Å². The van der Waals surface area contributed by atoms with Gasteiger partial charge in [0.05, 0.1) is 12.5 Å². The molecule has 1 unspecified atom stereocenters. The second-order valence-corrected chi connectivity index (χ2v) is 5.40. The van der Waals surface area contributed by atoms with Crippen molar-refractivity contribution in [2.75, 3.05) is 6.61 Å². The third-order valence-corrected chi connectivity index (χ3v) is 2.47. The van der Waals surface area contributed by atoms with Gasteiger partial charge in [-0.25, -0.2) is 0 Å². The van der Waals surface area contributed by atoms with Crippen molar-refractivity contribution < 1.29 is 9.53 Å². The summed E-state index contributed by atoms with van der Waals surface area (Å²) in [5.41, 5.74) is 0.00637. The number of carbonyl (C=O) groups excluding carboxylic acids is 1. The van der Waals surface area contributed by atoms with Crippen LogP contribution in [-0.2, 0) is 9.53 Å². The zero-order valence-corrected chi connectivity index (χ0v) is 8.60. The third-order valence-electron chi connectivity index (χ3n) is 2.47. The smallest absolute Gasteiger partial charge is 0.310 e. The van der Waals surface area contributed by atoms with Crippen molar-refractivity contribution in [2.45, 2.75) is 34.6 Å². The summed E-state index contributed by atoms with van der Waals surface area (Å²) in [7, 11) is 0. The summed E-state index contributed by atoms with van der Waals surface area (Å²) in [6.45, 7) is 11.0. The quantitative estimate of drug-likeness (QED) is 0.521. The molecule has 1 saturated heterocycles. The van der Waals surface area contributed by atoms with E-state index in [4.69, 9.17) is 4.74 Å². The van der Waals surface area contributed by atoms with Crippen LogP contribution >= 0.6 is 0 Å². The molecule has 1 heterocycles. The zero-order valence-electron chi connectivity index (χ0n) is 8.60. The first-order chi connectivity index (χ1) is 5.25. The maximum absolute atomic E-state index is 11.4. The SMILES string of the molecule is CC(C)(C)C1C(=O)OCC1(C)C. The maximum atomic E-state index is 11.4. The molecule has 0 amide bonds. The minimum Gasteiger partial charge on any atom is -0.465 e. The number of rotatable bonds is 0. The molecule has 2 heteroatoms. The van der Waals surface area contributed by atoms with Crippen LogP contribution in [0.2, 0.25) is 0 Å². The van der Waals surface area contributed by atoms with E-state index < -0.39 is 0 Å². The van der Waals surface area contributed by atoms with Crippen molar-refractivity contribution >= 4 is 5.97 Å². The van der Waals surface area contributed by atoms with Gasteiger partial charge in [0.1, 0.15) is 0 Å². The number of hydrogen-bond donors (Lipinski definition) is 0. The molecule has 0 N–H and O–H groups in total. The molecule has 70 valence electrons. The van der Waals surface area contributed by atoms with Crippen LogP contribution in [0.4, 0.5) is 0 Å². The highest BCUT2D eigenvalue weighted by Crippen LogP contribution is 2.45. The second-order valence-electron chi connectivity index (χ2n) is 5.40. The predicted molar refractivity (Wildman–Crippen MR) is 47.7 cm³/mol. The lowest BCUT2D eigenvalue weighted by molar-refractivity contribution is -0.144. The molecule has 0 bridgehead atoms. The Kier molecular flexibility index (Phi) is 1.97. The molecule has 2 nitrogen and oxygen atoms in total. The summed E-state index contributed by atoms with van der Waals surface area (Å²) in [4.78, 5) is 11.4. The maximum Gasteiger partial charge on any atom is 0.310 e. The van der Waals surface area contributed by atoms with Crippen molar-refractivity contribution in [1.29, 1.82) is 0 Å². The van der Waals surface area contributed by atoms with Crippen molar-refractivity contribution in [3.63, 3.8) is 0 Å². The largest absolute Gasteiger partial charge is 0.465 e. The summed E-state index contributed by atoms with van der Waals surface area (Å²) in [5.74, 6) is -0.00231. The second kappa shape index (κ2) is 2.48. The van der Waals surface area contributed by atoms with Gasteiger partial charge in [-0.15, -0.1) is 0 Å². The molecule has 0 aromatic carbocycles. The molecular weight excluding hydrogens is 152 g/mol. The normalized spacial score (nSPS) is 28.8. The van der Waals surface area contributed by atoms with E-state index in [0.717, 1.165) is 0 Å². The van der Waals surface area contributed by atoms with E-state index in [9.17, 15) is 4.79 Å². The summed E-state index contributed by atoms with van der Waals surface area (Å²) in [6.07, 6.45) is 0. The van der Waals surface area contributed by atoms with Crippen molar-refractivity contribution in [1.82, 2.24) is 0 Å². The molecule has 1 fully saturated rings. The Bertz CT molecular complexity index is 198. The molecular formula is C10H18O2. The standard InChI is InChI=1S/C10H18O2/c1-9(2,3)7-8(11)12-6-10(7,4)5/h7H,6H2,1-5H3. The molecule has 0 radical (unpaired) electrons. The first-order valence-electron chi connectivity index (χ1n) is 4.42. The molecule has 0 aliphatic carbocycles. The van der Waals surface area contributed by atoms with Crippen LogP contribution in [0.3, 0.4) is 0 Å². The Balaban J connectivity index is 2.93. The molecule has 0 aromatic rings. The average molecular weight is 170 g/mol. The summed E-state index contributed by atoms with van der Waals surface area (Å²) in [6, 6.07) is 0. The fourth-order valence-electron chi connectivity index (χ4n) is 2.27. The van der Waals surface area contributed by atoms with E-state index >= 15 is 0 Å². The van der Waals surface area contributed by atoms with Gasteiger partial charge in [0, 0.05) is 5.41 Å². The van der Waals surface area contributed by atoms with Crippen LogP contribution in [0.5, 0.6) is 0 Å². The number of esters is 1. The van der Waals surface area contributed by atoms with E-state index in [1.54, 1.807) is 0 Å². The number of ether oxygens (including phenoxy) is 1. The average Bonchev–Trinajstić information content (AvgIpc) is 2.03. The minimum atomic E-state index is -0.0347. The molecule has 0 aromatic heterocycles. The Morgan fingerprint density at radius 2 is 1.92 bits per heavy atom. The van der Waals surface area contributed by atoms with Gasteiger partial charge in [-0.3, -0.25) is 4.79 Å². The van der Waals surface area contributed by atoms with E-state index in [1.807, 2.05) is 0 Å². The third kappa shape index (κ3) is 1.47. The predicted octanol–water partition coefficient (Wildman–Crippen LogP) is 2.23. The molecule has 0 saturated carbocycles.